The van der Waals surface area contributed by atoms with Gasteiger partial charge in [0.1, 0.15) is 0 Å². The molecule has 90 valence electrons. The minimum Gasteiger partial charge on any atom is -0.370 e. The van der Waals surface area contributed by atoms with Gasteiger partial charge >= 0.3 is 0 Å². The van der Waals surface area contributed by atoms with E-state index in [2.05, 4.69) is 16.9 Å². The number of nitrogens with zero attached hydrogens (tertiary/aromatic N) is 2. The Morgan fingerprint density at radius 1 is 1.19 bits per heavy atom. The quantitative estimate of drug-likeness (QED) is 0.466. The molecule has 6 N–H and O–H groups in total. The van der Waals surface area contributed by atoms with Gasteiger partial charge in [-0.2, -0.15) is 4.99 Å². The topological polar surface area (TPSA) is 103 Å². The van der Waals surface area contributed by atoms with E-state index in [0.717, 1.165) is 11.8 Å². The van der Waals surface area contributed by atoms with E-state index in [0.29, 0.717) is 5.92 Å². The molecule has 4 unspecified atom stereocenters. The van der Waals surface area contributed by atoms with Gasteiger partial charge in [0, 0.05) is 0 Å². The summed E-state index contributed by atoms with van der Waals surface area (Å²) in [5.74, 6) is 2.62. The highest BCUT2D eigenvalue weighted by molar-refractivity contribution is 5.92. The maximum Gasteiger partial charge on any atom is 0.218 e. The second kappa shape index (κ2) is 4.31. The molecule has 2 aliphatic carbocycles. The van der Waals surface area contributed by atoms with E-state index in [-0.39, 0.29) is 18.0 Å². The molecule has 0 spiro atoms. The van der Waals surface area contributed by atoms with Crippen LogP contribution in [0.25, 0.3) is 0 Å². The summed E-state index contributed by atoms with van der Waals surface area (Å²) in [5.41, 5.74) is 16.1. The minimum atomic E-state index is -0.0265. The van der Waals surface area contributed by atoms with Gasteiger partial charge in [0.15, 0.2) is 5.96 Å². The first kappa shape index (κ1) is 11.2. The summed E-state index contributed by atoms with van der Waals surface area (Å²) in [7, 11) is 0. The lowest BCUT2D eigenvalue weighted by molar-refractivity contribution is 0.294. The molecule has 16 heavy (non-hydrogen) atoms. The second-order valence-corrected chi connectivity index (χ2v) is 5.10. The predicted octanol–water partition coefficient (Wildman–Crippen LogP) is 0.399. The van der Waals surface area contributed by atoms with Crippen LogP contribution in [-0.4, -0.2) is 18.0 Å². The summed E-state index contributed by atoms with van der Waals surface area (Å²) < 4.78 is 0. The normalized spacial score (nSPS) is 35.1. The van der Waals surface area contributed by atoms with Crippen LogP contribution in [0, 0.1) is 17.8 Å². The van der Waals surface area contributed by atoms with Gasteiger partial charge in [-0.3, -0.25) is 0 Å². The van der Waals surface area contributed by atoms with E-state index in [4.69, 9.17) is 17.2 Å². The van der Waals surface area contributed by atoms with Crippen LogP contribution in [-0.2, 0) is 0 Å². The largest absolute Gasteiger partial charge is 0.370 e. The van der Waals surface area contributed by atoms with Gasteiger partial charge in [-0.15, -0.1) is 0 Å². The van der Waals surface area contributed by atoms with E-state index in [9.17, 15) is 0 Å². The van der Waals surface area contributed by atoms with E-state index < -0.39 is 0 Å². The zero-order chi connectivity index (χ0) is 11.7. The Hall–Kier alpha value is -1.26. The number of nitrogens with two attached hydrogens (primary N) is 3. The average Bonchev–Trinajstić information content (AvgIpc) is 2.76. The molecule has 0 aromatic carbocycles. The number of guanidine groups is 2. The van der Waals surface area contributed by atoms with E-state index in [1.165, 1.54) is 25.7 Å². The summed E-state index contributed by atoms with van der Waals surface area (Å²) in [5, 5.41) is 0. The van der Waals surface area contributed by atoms with Crippen LogP contribution in [0.15, 0.2) is 9.98 Å². The smallest absolute Gasteiger partial charge is 0.218 e. The van der Waals surface area contributed by atoms with Crippen molar-refractivity contribution in [1.82, 2.24) is 0 Å². The van der Waals surface area contributed by atoms with Crippen molar-refractivity contribution in [2.24, 2.45) is 44.9 Å². The van der Waals surface area contributed by atoms with E-state index in [1.807, 2.05) is 0 Å². The highest BCUT2D eigenvalue weighted by Gasteiger charge is 2.41. The molecule has 0 amide bonds. The highest BCUT2D eigenvalue weighted by Crippen LogP contribution is 2.49. The fourth-order valence-corrected chi connectivity index (χ4v) is 3.35. The van der Waals surface area contributed by atoms with Crippen LogP contribution in [0.3, 0.4) is 0 Å². The van der Waals surface area contributed by atoms with Crippen molar-refractivity contribution < 1.29 is 0 Å². The predicted molar refractivity (Wildman–Crippen MR) is 65.8 cm³/mol. The Balaban J connectivity index is 1.98. The monoisotopic (exact) mass is 223 g/mol. The Morgan fingerprint density at radius 3 is 2.44 bits per heavy atom. The summed E-state index contributed by atoms with van der Waals surface area (Å²) in [6.07, 6.45) is 5.44. The maximum atomic E-state index is 5.64. The molecule has 2 aliphatic rings. The molecule has 0 aliphatic heterocycles. The van der Waals surface area contributed by atoms with Gasteiger partial charge < -0.3 is 17.2 Å². The standard InChI is InChI=1S/C11H21N5/c1-6(15-11(14)16-10(12)13)9-5-7-2-3-8(9)4-7/h6-9H,2-5H2,1H3,(H6,12,13,14,15,16). The first-order valence-corrected chi connectivity index (χ1v) is 5.99. The van der Waals surface area contributed by atoms with Crippen LogP contribution in [0.2, 0.25) is 0 Å². The van der Waals surface area contributed by atoms with Crippen LogP contribution < -0.4 is 17.2 Å². The average molecular weight is 223 g/mol. The van der Waals surface area contributed by atoms with Gasteiger partial charge in [-0.05, 0) is 43.9 Å². The maximum absolute atomic E-state index is 5.64. The Bertz CT molecular complexity index is 318. The zero-order valence-electron chi connectivity index (χ0n) is 9.76. The molecule has 2 bridgehead atoms. The molecular formula is C11H21N5. The van der Waals surface area contributed by atoms with Crippen molar-refractivity contribution in [2.75, 3.05) is 0 Å². The summed E-state index contributed by atoms with van der Waals surface area (Å²) in [4.78, 5) is 8.12. The Morgan fingerprint density at radius 2 is 1.94 bits per heavy atom. The lowest BCUT2D eigenvalue weighted by Crippen LogP contribution is -2.28. The van der Waals surface area contributed by atoms with Gasteiger partial charge in [-0.25, -0.2) is 4.99 Å². The molecular weight excluding hydrogens is 202 g/mol. The summed E-state index contributed by atoms with van der Waals surface area (Å²) in [6.45, 7) is 2.11. The van der Waals surface area contributed by atoms with Gasteiger partial charge in [-0.1, -0.05) is 6.42 Å². The number of rotatable bonds is 2. The van der Waals surface area contributed by atoms with Gasteiger partial charge in [0.2, 0.25) is 5.96 Å². The van der Waals surface area contributed by atoms with Crippen molar-refractivity contribution in [1.29, 1.82) is 0 Å². The van der Waals surface area contributed by atoms with Crippen molar-refractivity contribution >= 4 is 11.9 Å². The molecule has 2 saturated carbocycles. The van der Waals surface area contributed by atoms with Crippen LogP contribution in [0.4, 0.5) is 0 Å². The van der Waals surface area contributed by atoms with Crippen molar-refractivity contribution in [3.63, 3.8) is 0 Å². The fourth-order valence-electron chi connectivity index (χ4n) is 3.35. The molecule has 5 heteroatoms. The number of aliphatic imine (C=N–C) groups is 2. The third kappa shape index (κ3) is 2.28. The van der Waals surface area contributed by atoms with Gasteiger partial charge in [0.25, 0.3) is 0 Å². The first-order chi connectivity index (χ1) is 7.56. The molecule has 0 radical (unpaired) electrons. The molecule has 0 saturated heterocycles. The molecule has 5 nitrogen and oxygen atoms in total. The van der Waals surface area contributed by atoms with Crippen LogP contribution in [0.5, 0.6) is 0 Å². The van der Waals surface area contributed by atoms with Crippen LogP contribution >= 0.6 is 0 Å². The number of hydrogen-bond acceptors (Lipinski definition) is 1. The number of fused-ring (bicyclic) bond motifs is 2. The molecule has 4 atom stereocenters. The lowest BCUT2D eigenvalue weighted by Gasteiger charge is -2.25. The number of hydrogen-bond donors (Lipinski definition) is 3. The first-order valence-electron chi connectivity index (χ1n) is 5.99. The third-order valence-corrected chi connectivity index (χ3v) is 3.99. The van der Waals surface area contributed by atoms with Crippen molar-refractivity contribution in [2.45, 2.75) is 38.6 Å². The third-order valence-electron chi connectivity index (χ3n) is 3.99. The SMILES string of the molecule is CC(N=C(N)N=C(N)N)C1CC2CCC1C2. The van der Waals surface area contributed by atoms with Crippen molar-refractivity contribution in [3.8, 4) is 0 Å². The second-order valence-electron chi connectivity index (χ2n) is 5.10. The summed E-state index contributed by atoms with van der Waals surface area (Å²) in [6, 6.07) is 0.235. The Labute approximate surface area is 96.2 Å². The van der Waals surface area contributed by atoms with Crippen molar-refractivity contribution in [3.05, 3.63) is 0 Å². The highest BCUT2D eigenvalue weighted by atomic mass is 15.1. The Kier molecular flexibility index (Phi) is 3.03. The summed E-state index contributed by atoms with van der Waals surface area (Å²) >= 11 is 0. The molecule has 2 fully saturated rings. The minimum absolute atomic E-state index is 0.0265. The van der Waals surface area contributed by atoms with E-state index in [1.54, 1.807) is 0 Å². The van der Waals surface area contributed by atoms with Gasteiger partial charge in [0.05, 0.1) is 6.04 Å². The molecule has 0 aromatic heterocycles. The molecule has 2 rings (SSSR count). The van der Waals surface area contributed by atoms with E-state index >= 15 is 0 Å². The lowest BCUT2D eigenvalue weighted by atomic mass is 9.84. The van der Waals surface area contributed by atoms with Crippen LogP contribution in [0.1, 0.15) is 32.6 Å². The molecule has 0 aromatic rings. The molecule has 0 heterocycles. The fraction of sp³-hybridized carbons (Fsp3) is 0.818. The zero-order valence-corrected chi connectivity index (χ0v) is 9.76.